The first-order chi connectivity index (χ1) is 13.0. The molecule has 0 radical (unpaired) electrons. The van der Waals surface area contributed by atoms with E-state index in [4.69, 9.17) is 0 Å². The molecule has 140 valence electrons. The SMILES string of the molecule is CSCCC(C(=O)N(C)Cc1ccccc1)N1C(=O)c2ccccc2C1=O. The van der Waals surface area contributed by atoms with Crippen molar-refractivity contribution in [2.24, 2.45) is 0 Å². The Morgan fingerprint density at radius 3 is 2.11 bits per heavy atom. The fraction of sp³-hybridized carbons (Fsp3) is 0.286. The molecule has 1 heterocycles. The van der Waals surface area contributed by atoms with Crippen molar-refractivity contribution in [2.75, 3.05) is 19.1 Å². The van der Waals surface area contributed by atoms with E-state index in [-0.39, 0.29) is 17.7 Å². The first-order valence-electron chi connectivity index (χ1n) is 8.79. The molecule has 1 atom stereocenters. The molecule has 1 aliphatic rings. The number of nitrogens with zero attached hydrogens (tertiary/aromatic N) is 2. The topological polar surface area (TPSA) is 57.7 Å². The summed E-state index contributed by atoms with van der Waals surface area (Å²) < 4.78 is 0. The van der Waals surface area contributed by atoms with Crippen molar-refractivity contribution < 1.29 is 14.4 Å². The van der Waals surface area contributed by atoms with E-state index in [1.165, 1.54) is 0 Å². The van der Waals surface area contributed by atoms with Crippen molar-refractivity contribution in [3.63, 3.8) is 0 Å². The van der Waals surface area contributed by atoms with Crippen LogP contribution in [0.25, 0.3) is 0 Å². The zero-order chi connectivity index (χ0) is 19.4. The Kier molecular flexibility index (Phi) is 5.96. The predicted molar refractivity (Wildman–Crippen MR) is 107 cm³/mol. The summed E-state index contributed by atoms with van der Waals surface area (Å²) in [6.07, 6.45) is 2.38. The smallest absolute Gasteiger partial charge is 0.262 e. The Hall–Kier alpha value is -2.60. The average molecular weight is 382 g/mol. The van der Waals surface area contributed by atoms with E-state index < -0.39 is 6.04 Å². The zero-order valence-electron chi connectivity index (χ0n) is 15.4. The number of carbonyl (C=O) groups is 3. The van der Waals surface area contributed by atoms with Crippen LogP contribution in [0.3, 0.4) is 0 Å². The van der Waals surface area contributed by atoms with Crippen LogP contribution in [0, 0.1) is 0 Å². The van der Waals surface area contributed by atoms with Crippen molar-refractivity contribution in [2.45, 2.75) is 19.0 Å². The van der Waals surface area contributed by atoms with Gasteiger partial charge in [-0.2, -0.15) is 11.8 Å². The van der Waals surface area contributed by atoms with E-state index in [2.05, 4.69) is 0 Å². The Balaban J connectivity index is 1.84. The Labute approximate surface area is 163 Å². The average Bonchev–Trinajstić information content (AvgIpc) is 2.94. The van der Waals surface area contributed by atoms with Crippen LogP contribution in [0.4, 0.5) is 0 Å². The number of hydrogen-bond donors (Lipinski definition) is 0. The van der Waals surface area contributed by atoms with Gasteiger partial charge in [0.05, 0.1) is 11.1 Å². The van der Waals surface area contributed by atoms with Gasteiger partial charge in [0.15, 0.2) is 0 Å². The molecule has 6 heteroatoms. The summed E-state index contributed by atoms with van der Waals surface area (Å²) in [6.45, 7) is 0.429. The molecule has 0 bridgehead atoms. The summed E-state index contributed by atoms with van der Waals surface area (Å²) >= 11 is 1.59. The number of imide groups is 1. The number of amides is 3. The molecule has 3 amide bonds. The highest BCUT2D eigenvalue weighted by molar-refractivity contribution is 7.98. The van der Waals surface area contributed by atoms with Crippen LogP contribution in [0.15, 0.2) is 54.6 Å². The third-order valence-electron chi connectivity index (χ3n) is 4.66. The van der Waals surface area contributed by atoms with Crippen molar-refractivity contribution >= 4 is 29.5 Å². The lowest BCUT2D eigenvalue weighted by molar-refractivity contribution is -0.134. The van der Waals surface area contributed by atoms with E-state index in [1.54, 1.807) is 48.0 Å². The van der Waals surface area contributed by atoms with Gasteiger partial charge < -0.3 is 4.90 Å². The Bertz CT molecular complexity index is 819. The fourth-order valence-electron chi connectivity index (χ4n) is 3.27. The van der Waals surface area contributed by atoms with Gasteiger partial charge in [-0.15, -0.1) is 0 Å². The van der Waals surface area contributed by atoms with Crippen molar-refractivity contribution in [1.29, 1.82) is 0 Å². The van der Waals surface area contributed by atoms with E-state index in [9.17, 15) is 14.4 Å². The third-order valence-corrected chi connectivity index (χ3v) is 5.30. The van der Waals surface area contributed by atoms with Gasteiger partial charge in [-0.25, -0.2) is 0 Å². The molecule has 2 aromatic carbocycles. The van der Waals surface area contributed by atoms with Crippen LogP contribution in [0.5, 0.6) is 0 Å². The second-order valence-electron chi connectivity index (χ2n) is 6.50. The molecule has 0 aromatic heterocycles. The lowest BCUT2D eigenvalue weighted by Gasteiger charge is -2.29. The number of rotatable bonds is 7. The van der Waals surface area contributed by atoms with E-state index in [0.29, 0.717) is 29.8 Å². The van der Waals surface area contributed by atoms with Crippen LogP contribution in [0.1, 0.15) is 32.7 Å². The molecule has 0 spiro atoms. The highest BCUT2D eigenvalue weighted by atomic mass is 32.2. The second kappa shape index (κ2) is 8.39. The maximum Gasteiger partial charge on any atom is 0.262 e. The van der Waals surface area contributed by atoms with Gasteiger partial charge in [0.25, 0.3) is 11.8 Å². The summed E-state index contributed by atoms with van der Waals surface area (Å²) in [5, 5.41) is 0. The van der Waals surface area contributed by atoms with Crippen LogP contribution in [0.2, 0.25) is 0 Å². The van der Waals surface area contributed by atoms with Crippen molar-refractivity contribution in [3.05, 3.63) is 71.3 Å². The standard InChI is InChI=1S/C21H22N2O3S/c1-22(14-15-8-4-3-5-9-15)21(26)18(12-13-27-2)23-19(24)16-10-6-7-11-17(16)20(23)25/h3-11,18H,12-14H2,1-2H3. The molecule has 1 unspecified atom stereocenters. The fourth-order valence-corrected chi connectivity index (χ4v) is 3.73. The molecule has 0 saturated heterocycles. The zero-order valence-corrected chi connectivity index (χ0v) is 16.2. The molecule has 0 aliphatic carbocycles. The lowest BCUT2D eigenvalue weighted by Crippen LogP contribution is -2.50. The van der Waals surface area contributed by atoms with Crippen molar-refractivity contribution in [1.82, 2.24) is 9.80 Å². The summed E-state index contributed by atoms with van der Waals surface area (Å²) in [5.74, 6) is -0.308. The number of benzene rings is 2. The molecular weight excluding hydrogens is 360 g/mol. The summed E-state index contributed by atoms with van der Waals surface area (Å²) in [6, 6.07) is 15.6. The normalized spacial score (nSPS) is 14.2. The molecule has 27 heavy (non-hydrogen) atoms. The molecular formula is C21H22N2O3S. The number of thioether (sulfide) groups is 1. The number of carbonyl (C=O) groups excluding carboxylic acids is 3. The van der Waals surface area contributed by atoms with Crippen LogP contribution in [-0.2, 0) is 11.3 Å². The molecule has 0 saturated carbocycles. The van der Waals surface area contributed by atoms with E-state index >= 15 is 0 Å². The predicted octanol–water partition coefficient (Wildman–Crippen LogP) is 3.06. The lowest BCUT2D eigenvalue weighted by atomic mass is 10.1. The van der Waals surface area contributed by atoms with Gasteiger partial charge in [-0.1, -0.05) is 42.5 Å². The largest absolute Gasteiger partial charge is 0.340 e. The molecule has 5 nitrogen and oxygen atoms in total. The minimum Gasteiger partial charge on any atom is -0.340 e. The number of likely N-dealkylation sites (N-methyl/N-ethyl adjacent to an activating group) is 1. The summed E-state index contributed by atoms with van der Waals surface area (Å²) in [7, 11) is 1.71. The first kappa shape index (κ1) is 19.2. The van der Waals surface area contributed by atoms with Crippen LogP contribution in [-0.4, -0.2) is 52.6 Å². The Morgan fingerprint density at radius 1 is 1.00 bits per heavy atom. The minimum absolute atomic E-state index is 0.220. The van der Waals surface area contributed by atoms with Gasteiger partial charge in [0, 0.05) is 13.6 Å². The molecule has 1 aliphatic heterocycles. The van der Waals surface area contributed by atoms with Gasteiger partial charge in [0.1, 0.15) is 6.04 Å². The summed E-state index contributed by atoms with van der Waals surface area (Å²) in [4.78, 5) is 41.5. The van der Waals surface area contributed by atoms with Gasteiger partial charge >= 0.3 is 0 Å². The maximum atomic E-state index is 13.2. The maximum absolute atomic E-state index is 13.2. The highest BCUT2D eigenvalue weighted by Crippen LogP contribution is 2.27. The summed E-state index contributed by atoms with van der Waals surface area (Å²) in [5.41, 5.74) is 1.74. The minimum atomic E-state index is -0.793. The molecule has 3 rings (SSSR count). The second-order valence-corrected chi connectivity index (χ2v) is 7.49. The third kappa shape index (κ3) is 3.90. The number of hydrogen-bond acceptors (Lipinski definition) is 4. The first-order valence-corrected chi connectivity index (χ1v) is 10.2. The van der Waals surface area contributed by atoms with E-state index in [1.807, 2.05) is 36.6 Å². The monoisotopic (exact) mass is 382 g/mol. The molecule has 2 aromatic rings. The van der Waals surface area contributed by atoms with E-state index in [0.717, 1.165) is 10.5 Å². The highest BCUT2D eigenvalue weighted by Gasteiger charge is 2.43. The quantitative estimate of drug-likeness (QED) is 0.691. The van der Waals surface area contributed by atoms with Crippen molar-refractivity contribution in [3.8, 4) is 0 Å². The van der Waals surface area contributed by atoms with Gasteiger partial charge in [-0.3, -0.25) is 19.3 Å². The van der Waals surface area contributed by atoms with Gasteiger partial charge in [-0.05, 0) is 36.1 Å². The molecule has 0 N–H and O–H groups in total. The molecule has 0 fully saturated rings. The van der Waals surface area contributed by atoms with Crippen LogP contribution < -0.4 is 0 Å². The van der Waals surface area contributed by atoms with Crippen LogP contribution >= 0.6 is 11.8 Å². The van der Waals surface area contributed by atoms with Gasteiger partial charge in [0.2, 0.25) is 5.91 Å². The number of fused-ring (bicyclic) bond motifs is 1. The Morgan fingerprint density at radius 2 is 1.56 bits per heavy atom.